The molecule has 1 saturated heterocycles. The summed E-state index contributed by atoms with van der Waals surface area (Å²) in [4.78, 5) is 31.8. The molecule has 0 N–H and O–H groups in total. The number of aryl methyl sites for hydroxylation is 1. The van der Waals surface area contributed by atoms with Crippen molar-refractivity contribution in [3.05, 3.63) is 48.0 Å². The Kier molecular flexibility index (Phi) is 6.06. The predicted octanol–water partition coefficient (Wildman–Crippen LogP) is 3.59. The Morgan fingerprint density at radius 3 is 2.84 bits per heavy atom. The van der Waals surface area contributed by atoms with Crippen LogP contribution in [-0.4, -0.2) is 55.3 Å². The molecule has 3 aromatic heterocycles. The number of nitrogens with zero attached hydrogens (tertiary/aromatic N) is 5. The van der Waals surface area contributed by atoms with E-state index in [1.54, 1.807) is 12.3 Å². The highest BCUT2D eigenvalue weighted by Gasteiger charge is 2.28. The van der Waals surface area contributed by atoms with E-state index in [9.17, 15) is 9.59 Å². The van der Waals surface area contributed by atoms with Gasteiger partial charge in [-0.05, 0) is 51.3 Å². The number of fused-ring (bicyclic) bond motifs is 1. The Hall–Kier alpha value is -3.16. The second kappa shape index (κ2) is 8.91. The van der Waals surface area contributed by atoms with Gasteiger partial charge in [-0.25, -0.2) is 14.5 Å². The number of likely N-dealkylation sites (tertiary alicyclic amines) is 1. The second-order valence-corrected chi connectivity index (χ2v) is 8.40. The number of hydrogen-bond donors (Lipinski definition) is 0. The van der Waals surface area contributed by atoms with E-state index in [1.165, 1.54) is 6.20 Å². The van der Waals surface area contributed by atoms with E-state index in [1.807, 2.05) is 53.4 Å². The summed E-state index contributed by atoms with van der Waals surface area (Å²) < 4.78 is 9.20. The summed E-state index contributed by atoms with van der Waals surface area (Å²) in [5, 5.41) is 5.15. The van der Waals surface area contributed by atoms with Gasteiger partial charge in [0.15, 0.2) is 5.65 Å². The molecule has 164 valence electrons. The SMILES string of the molecule is CC(C)n1ncc2cc(C(=O)OCCC3CCCCN3C(=O)c3cccn3C)cnc21. The van der Waals surface area contributed by atoms with Crippen molar-refractivity contribution >= 4 is 22.9 Å². The van der Waals surface area contributed by atoms with Crippen molar-refractivity contribution in [1.29, 1.82) is 0 Å². The molecule has 8 heteroatoms. The zero-order valence-corrected chi connectivity index (χ0v) is 18.3. The van der Waals surface area contributed by atoms with Gasteiger partial charge in [0.05, 0.1) is 18.4 Å². The number of piperidine rings is 1. The predicted molar refractivity (Wildman–Crippen MR) is 117 cm³/mol. The number of hydrogen-bond acceptors (Lipinski definition) is 5. The lowest BCUT2D eigenvalue weighted by Gasteiger charge is -2.35. The van der Waals surface area contributed by atoms with Crippen LogP contribution in [0.1, 0.15) is 66.4 Å². The number of ether oxygens (including phenoxy) is 1. The van der Waals surface area contributed by atoms with Crippen molar-refractivity contribution in [2.75, 3.05) is 13.2 Å². The van der Waals surface area contributed by atoms with E-state index in [-0.39, 0.29) is 24.6 Å². The monoisotopic (exact) mass is 423 g/mol. The Morgan fingerprint density at radius 1 is 1.26 bits per heavy atom. The molecule has 1 amide bonds. The van der Waals surface area contributed by atoms with Crippen LogP contribution in [0.3, 0.4) is 0 Å². The van der Waals surface area contributed by atoms with Crippen molar-refractivity contribution in [2.24, 2.45) is 7.05 Å². The van der Waals surface area contributed by atoms with Gasteiger partial charge >= 0.3 is 5.97 Å². The lowest BCUT2D eigenvalue weighted by molar-refractivity contribution is 0.0406. The Bertz CT molecular complexity index is 1080. The average Bonchev–Trinajstić information content (AvgIpc) is 3.39. The third kappa shape index (κ3) is 4.33. The number of carbonyl (C=O) groups excluding carboxylic acids is 2. The van der Waals surface area contributed by atoms with Gasteiger partial charge < -0.3 is 14.2 Å². The molecule has 0 spiro atoms. The molecule has 0 aliphatic carbocycles. The maximum atomic E-state index is 13.0. The maximum absolute atomic E-state index is 13.0. The summed E-state index contributed by atoms with van der Waals surface area (Å²) in [5.74, 6) is -0.358. The van der Waals surface area contributed by atoms with Crippen LogP contribution in [0, 0.1) is 0 Å². The molecule has 0 bridgehead atoms. The summed E-state index contributed by atoms with van der Waals surface area (Å²) in [5.41, 5.74) is 1.85. The fourth-order valence-electron chi connectivity index (χ4n) is 4.20. The standard InChI is InChI=1S/C23H29N5O3/c1-16(2)28-21-17(15-25-28)13-18(14-24-21)23(30)31-12-9-19-7-4-5-11-27(19)22(29)20-8-6-10-26(20)3/h6,8,10,13-16,19H,4-5,7,9,11-12H2,1-3H3. The lowest BCUT2D eigenvalue weighted by Crippen LogP contribution is -2.44. The van der Waals surface area contributed by atoms with Gasteiger partial charge in [0, 0.05) is 49.9 Å². The molecule has 31 heavy (non-hydrogen) atoms. The number of pyridine rings is 1. The third-order valence-corrected chi connectivity index (χ3v) is 5.89. The van der Waals surface area contributed by atoms with E-state index in [0.717, 1.165) is 36.8 Å². The van der Waals surface area contributed by atoms with Gasteiger partial charge in [-0.1, -0.05) is 0 Å². The van der Waals surface area contributed by atoms with Crippen molar-refractivity contribution in [3.63, 3.8) is 0 Å². The minimum atomic E-state index is -0.400. The molecule has 4 rings (SSSR count). The molecule has 1 atom stereocenters. The first-order chi connectivity index (χ1) is 15.0. The molecule has 8 nitrogen and oxygen atoms in total. The van der Waals surface area contributed by atoms with E-state index in [2.05, 4.69) is 10.1 Å². The van der Waals surface area contributed by atoms with Crippen molar-refractivity contribution < 1.29 is 14.3 Å². The molecule has 0 radical (unpaired) electrons. The molecular weight excluding hydrogens is 394 g/mol. The van der Waals surface area contributed by atoms with Gasteiger partial charge in [-0.2, -0.15) is 5.10 Å². The first kappa shape index (κ1) is 21.1. The lowest BCUT2D eigenvalue weighted by atomic mass is 9.99. The highest BCUT2D eigenvalue weighted by atomic mass is 16.5. The zero-order chi connectivity index (χ0) is 22.0. The highest BCUT2D eigenvalue weighted by Crippen LogP contribution is 2.23. The van der Waals surface area contributed by atoms with Gasteiger partial charge in [-0.3, -0.25) is 4.79 Å². The Labute approximate surface area is 181 Å². The summed E-state index contributed by atoms with van der Waals surface area (Å²) in [6.45, 7) is 5.08. The van der Waals surface area contributed by atoms with Crippen LogP contribution in [0.25, 0.3) is 11.0 Å². The highest BCUT2D eigenvalue weighted by molar-refractivity contribution is 5.93. The zero-order valence-electron chi connectivity index (χ0n) is 18.3. The quantitative estimate of drug-likeness (QED) is 0.566. The number of rotatable bonds is 6. The largest absolute Gasteiger partial charge is 0.462 e. The summed E-state index contributed by atoms with van der Waals surface area (Å²) in [6.07, 6.45) is 8.77. The molecular formula is C23H29N5O3. The van der Waals surface area contributed by atoms with E-state index < -0.39 is 5.97 Å². The molecule has 1 fully saturated rings. The van der Waals surface area contributed by atoms with Crippen LogP contribution in [0.2, 0.25) is 0 Å². The van der Waals surface area contributed by atoms with Gasteiger partial charge in [-0.15, -0.1) is 0 Å². The van der Waals surface area contributed by atoms with Crippen LogP contribution >= 0.6 is 0 Å². The van der Waals surface area contributed by atoms with Crippen molar-refractivity contribution in [2.45, 2.75) is 51.6 Å². The third-order valence-electron chi connectivity index (χ3n) is 5.89. The maximum Gasteiger partial charge on any atom is 0.339 e. The number of aromatic nitrogens is 4. The minimum absolute atomic E-state index is 0.0420. The van der Waals surface area contributed by atoms with Crippen LogP contribution in [0.15, 0.2) is 36.8 Å². The summed E-state index contributed by atoms with van der Waals surface area (Å²) in [6, 6.07) is 5.76. The fraction of sp³-hybridized carbons (Fsp3) is 0.478. The smallest absolute Gasteiger partial charge is 0.339 e. The molecule has 0 aromatic carbocycles. The Morgan fingerprint density at radius 2 is 2.10 bits per heavy atom. The molecule has 3 aromatic rings. The van der Waals surface area contributed by atoms with Crippen LogP contribution in [0.4, 0.5) is 0 Å². The van der Waals surface area contributed by atoms with Gasteiger partial charge in [0.1, 0.15) is 5.69 Å². The molecule has 4 heterocycles. The summed E-state index contributed by atoms with van der Waals surface area (Å²) in [7, 11) is 1.88. The second-order valence-electron chi connectivity index (χ2n) is 8.40. The number of esters is 1. The number of carbonyl (C=O) groups is 2. The first-order valence-electron chi connectivity index (χ1n) is 10.9. The molecule has 0 saturated carbocycles. The Balaban J connectivity index is 1.37. The van der Waals surface area contributed by atoms with E-state index in [0.29, 0.717) is 17.7 Å². The van der Waals surface area contributed by atoms with Crippen LogP contribution in [0.5, 0.6) is 0 Å². The average molecular weight is 424 g/mol. The minimum Gasteiger partial charge on any atom is -0.462 e. The van der Waals surface area contributed by atoms with Gasteiger partial charge in [0.2, 0.25) is 0 Å². The molecule has 1 aliphatic rings. The van der Waals surface area contributed by atoms with E-state index >= 15 is 0 Å². The van der Waals surface area contributed by atoms with E-state index in [4.69, 9.17) is 4.74 Å². The van der Waals surface area contributed by atoms with Gasteiger partial charge in [0.25, 0.3) is 5.91 Å². The molecule has 1 unspecified atom stereocenters. The first-order valence-corrected chi connectivity index (χ1v) is 10.9. The van der Waals surface area contributed by atoms with Crippen molar-refractivity contribution in [1.82, 2.24) is 24.2 Å². The van der Waals surface area contributed by atoms with Crippen LogP contribution < -0.4 is 0 Å². The summed E-state index contributed by atoms with van der Waals surface area (Å²) >= 11 is 0. The van der Waals surface area contributed by atoms with Crippen molar-refractivity contribution in [3.8, 4) is 0 Å². The molecule has 1 aliphatic heterocycles. The fourth-order valence-corrected chi connectivity index (χ4v) is 4.20. The van der Waals surface area contributed by atoms with Crippen LogP contribution in [-0.2, 0) is 11.8 Å². The number of amides is 1. The normalized spacial score (nSPS) is 16.8. The topological polar surface area (TPSA) is 82.3 Å².